The normalized spacial score (nSPS) is 28.7. The number of Topliss-reactive ketones (excluding diaryl/α,β-unsaturated/α-hetero) is 2. The first-order chi connectivity index (χ1) is 11.3. The number of fused-ring (bicyclic) bond motifs is 1. The van der Waals surface area contributed by atoms with Crippen LogP contribution in [-0.2, 0) is 19.1 Å². The van der Waals surface area contributed by atoms with E-state index in [-0.39, 0.29) is 29.8 Å². The molecule has 4 nitrogen and oxygen atoms in total. The zero-order chi connectivity index (χ0) is 17.9. The number of rotatable bonds is 1. The van der Waals surface area contributed by atoms with Crippen LogP contribution in [0.4, 0.5) is 0 Å². The van der Waals surface area contributed by atoms with Crippen molar-refractivity contribution < 1.29 is 19.1 Å². The van der Waals surface area contributed by atoms with Crippen molar-refractivity contribution in [2.24, 2.45) is 11.8 Å². The Bertz CT molecular complexity index is 634. The summed E-state index contributed by atoms with van der Waals surface area (Å²) in [6.07, 6.45) is 6.62. The molecule has 0 saturated heterocycles. The Morgan fingerprint density at radius 3 is 2.46 bits per heavy atom. The SMILES string of the molecule is CC1=CC/C=C(\C)C(=O)C[C@H](C(C)C)[C@H]2C=C(CC(=O)C1)C(=O)O2. The minimum Gasteiger partial charge on any atom is -0.454 e. The number of ether oxygens (including phenoxy) is 1. The Kier molecular flexibility index (Phi) is 5.92. The van der Waals surface area contributed by atoms with Gasteiger partial charge in [-0.05, 0) is 37.8 Å². The van der Waals surface area contributed by atoms with Crippen LogP contribution in [-0.4, -0.2) is 23.6 Å². The summed E-state index contributed by atoms with van der Waals surface area (Å²) in [6.45, 7) is 7.77. The molecule has 2 aliphatic rings. The highest BCUT2D eigenvalue weighted by Crippen LogP contribution is 2.31. The van der Waals surface area contributed by atoms with Crippen molar-refractivity contribution >= 4 is 17.5 Å². The van der Waals surface area contributed by atoms with Crippen molar-refractivity contribution in [2.75, 3.05) is 0 Å². The van der Waals surface area contributed by atoms with Crippen LogP contribution in [0, 0.1) is 11.8 Å². The summed E-state index contributed by atoms with van der Waals surface area (Å²) in [5.74, 6) is -0.193. The van der Waals surface area contributed by atoms with E-state index in [0.29, 0.717) is 24.8 Å². The van der Waals surface area contributed by atoms with Crippen LogP contribution in [0.5, 0.6) is 0 Å². The molecule has 130 valence electrons. The molecule has 4 heteroatoms. The van der Waals surface area contributed by atoms with Crippen LogP contribution in [0.25, 0.3) is 0 Å². The van der Waals surface area contributed by atoms with Gasteiger partial charge in [0.1, 0.15) is 11.9 Å². The molecule has 2 bridgehead atoms. The van der Waals surface area contributed by atoms with Gasteiger partial charge in [-0.2, -0.15) is 0 Å². The van der Waals surface area contributed by atoms with E-state index < -0.39 is 12.1 Å². The molecule has 0 unspecified atom stereocenters. The largest absolute Gasteiger partial charge is 0.454 e. The number of allylic oxidation sites excluding steroid dienone is 4. The molecule has 0 radical (unpaired) electrons. The van der Waals surface area contributed by atoms with E-state index in [1.807, 2.05) is 39.8 Å². The third-order valence-corrected chi connectivity index (χ3v) is 4.76. The number of hydrogen-bond acceptors (Lipinski definition) is 4. The first-order valence-corrected chi connectivity index (χ1v) is 8.57. The second-order valence-corrected chi connectivity index (χ2v) is 7.16. The number of esters is 1. The molecule has 1 aliphatic carbocycles. The predicted molar refractivity (Wildman–Crippen MR) is 92.3 cm³/mol. The van der Waals surface area contributed by atoms with Gasteiger partial charge in [-0.25, -0.2) is 4.79 Å². The molecular weight excluding hydrogens is 304 g/mol. The molecule has 0 amide bonds. The molecule has 24 heavy (non-hydrogen) atoms. The van der Waals surface area contributed by atoms with Gasteiger partial charge in [0.15, 0.2) is 5.78 Å². The molecule has 0 aromatic carbocycles. The summed E-state index contributed by atoms with van der Waals surface area (Å²) in [7, 11) is 0. The summed E-state index contributed by atoms with van der Waals surface area (Å²) >= 11 is 0. The van der Waals surface area contributed by atoms with E-state index in [1.165, 1.54) is 0 Å². The van der Waals surface area contributed by atoms with Gasteiger partial charge in [-0.1, -0.05) is 31.6 Å². The number of hydrogen-bond donors (Lipinski definition) is 0. The topological polar surface area (TPSA) is 60.4 Å². The van der Waals surface area contributed by atoms with Crippen molar-refractivity contribution in [1.82, 2.24) is 0 Å². The van der Waals surface area contributed by atoms with Crippen LogP contribution < -0.4 is 0 Å². The zero-order valence-corrected chi connectivity index (χ0v) is 14.9. The van der Waals surface area contributed by atoms with Gasteiger partial charge >= 0.3 is 5.97 Å². The van der Waals surface area contributed by atoms with E-state index in [2.05, 4.69) is 0 Å². The van der Waals surface area contributed by atoms with Gasteiger partial charge in [0.25, 0.3) is 0 Å². The average Bonchev–Trinajstić information content (AvgIpc) is 2.83. The summed E-state index contributed by atoms with van der Waals surface area (Å²) < 4.78 is 5.46. The highest BCUT2D eigenvalue weighted by molar-refractivity contribution is 5.98. The first-order valence-electron chi connectivity index (χ1n) is 8.57. The maximum Gasteiger partial charge on any atom is 0.334 e. The van der Waals surface area contributed by atoms with Gasteiger partial charge in [-0.15, -0.1) is 0 Å². The van der Waals surface area contributed by atoms with E-state index in [1.54, 1.807) is 6.08 Å². The average molecular weight is 330 g/mol. The predicted octanol–water partition coefficient (Wildman–Crippen LogP) is 3.72. The fourth-order valence-electron chi connectivity index (χ4n) is 3.16. The van der Waals surface area contributed by atoms with E-state index in [9.17, 15) is 14.4 Å². The summed E-state index contributed by atoms with van der Waals surface area (Å²) in [5.41, 5.74) is 2.11. The molecule has 0 aromatic heterocycles. The van der Waals surface area contributed by atoms with Crippen molar-refractivity contribution in [2.45, 2.75) is 59.5 Å². The van der Waals surface area contributed by atoms with Gasteiger partial charge in [0.05, 0.1) is 0 Å². The lowest BCUT2D eigenvalue weighted by Gasteiger charge is -2.24. The third-order valence-electron chi connectivity index (χ3n) is 4.76. The highest BCUT2D eigenvalue weighted by Gasteiger charge is 2.35. The Morgan fingerprint density at radius 1 is 1.08 bits per heavy atom. The van der Waals surface area contributed by atoms with E-state index in [0.717, 1.165) is 11.1 Å². The lowest BCUT2D eigenvalue weighted by atomic mass is 9.84. The molecular formula is C20H26O4. The maximum absolute atomic E-state index is 12.5. The summed E-state index contributed by atoms with van der Waals surface area (Å²) in [6, 6.07) is 0. The number of carbonyl (C=O) groups is 3. The van der Waals surface area contributed by atoms with Gasteiger partial charge in [0.2, 0.25) is 0 Å². The lowest BCUT2D eigenvalue weighted by molar-refractivity contribution is -0.143. The molecule has 0 N–H and O–H groups in total. The monoisotopic (exact) mass is 330 g/mol. The third kappa shape index (κ3) is 4.53. The second-order valence-electron chi connectivity index (χ2n) is 7.16. The summed E-state index contributed by atoms with van der Waals surface area (Å²) in [5, 5.41) is 0. The van der Waals surface area contributed by atoms with Crippen LogP contribution in [0.1, 0.15) is 53.4 Å². The molecule has 0 fully saturated rings. The van der Waals surface area contributed by atoms with Crippen LogP contribution in [0.3, 0.4) is 0 Å². The Hall–Kier alpha value is -1.97. The highest BCUT2D eigenvalue weighted by atomic mass is 16.5. The van der Waals surface area contributed by atoms with Crippen LogP contribution in [0.2, 0.25) is 0 Å². The minimum absolute atomic E-state index is 0.0162. The smallest absolute Gasteiger partial charge is 0.334 e. The maximum atomic E-state index is 12.5. The Labute approximate surface area is 143 Å². The second kappa shape index (κ2) is 7.73. The lowest BCUT2D eigenvalue weighted by Crippen LogP contribution is -2.28. The van der Waals surface area contributed by atoms with E-state index >= 15 is 0 Å². The van der Waals surface area contributed by atoms with E-state index in [4.69, 9.17) is 4.74 Å². The number of carbonyl (C=O) groups excluding carboxylic acids is 3. The standard InChI is InChI=1S/C20H26O4/c1-12(2)17-11-18(22)14(4)7-5-6-13(3)8-16(21)9-15-10-19(17)24-20(15)23/h6-7,10,12,17,19H,5,8-9,11H2,1-4H3/b13-6?,14-7+/t17-,19-/m1/s1. The van der Waals surface area contributed by atoms with Gasteiger partial charge < -0.3 is 4.74 Å². The van der Waals surface area contributed by atoms with Crippen molar-refractivity contribution in [3.05, 3.63) is 34.9 Å². The van der Waals surface area contributed by atoms with Crippen LogP contribution in [0.15, 0.2) is 34.9 Å². The molecule has 0 spiro atoms. The van der Waals surface area contributed by atoms with Crippen molar-refractivity contribution in [3.8, 4) is 0 Å². The first kappa shape index (κ1) is 18.4. The molecule has 0 saturated carbocycles. The van der Waals surface area contributed by atoms with Crippen LogP contribution >= 0.6 is 0 Å². The quantitative estimate of drug-likeness (QED) is 0.543. The minimum atomic E-state index is -0.421. The van der Waals surface area contributed by atoms with Gasteiger partial charge in [0, 0.05) is 30.8 Å². The molecule has 1 heterocycles. The fraction of sp³-hybridized carbons (Fsp3) is 0.550. The number of ketones is 2. The fourth-order valence-corrected chi connectivity index (χ4v) is 3.16. The zero-order valence-electron chi connectivity index (χ0n) is 14.9. The molecule has 1 aliphatic heterocycles. The molecule has 2 atom stereocenters. The molecule has 2 rings (SSSR count). The Balaban J connectivity index is 2.35. The Morgan fingerprint density at radius 2 is 1.79 bits per heavy atom. The summed E-state index contributed by atoms with van der Waals surface area (Å²) in [4.78, 5) is 36.7. The van der Waals surface area contributed by atoms with Gasteiger partial charge in [-0.3, -0.25) is 9.59 Å². The van der Waals surface area contributed by atoms with Crippen molar-refractivity contribution in [1.29, 1.82) is 0 Å². The molecule has 0 aromatic rings. The van der Waals surface area contributed by atoms with Crippen molar-refractivity contribution in [3.63, 3.8) is 0 Å².